The maximum Gasteiger partial charge on any atom is 0.251 e. The van der Waals surface area contributed by atoms with Crippen LogP contribution in [0.2, 0.25) is 0 Å². The van der Waals surface area contributed by atoms with Crippen LogP contribution < -0.4 is 16.0 Å². The molecule has 2 amide bonds. The van der Waals surface area contributed by atoms with Gasteiger partial charge >= 0.3 is 0 Å². The third-order valence-electron chi connectivity index (χ3n) is 18.5. The van der Waals surface area contributed by atoms with Crippen LogP contribution in [0.25, 0.3) is 23.3 Å². The third kappa shape index (κ3) is 27.1. The van der Waals surface area contributed by atoms with Crippen LogP contribution in [0.1, 0.15) is 200 Å². The van der Waals surface area contributed by atoms with E-state index in [1.54, 1.807) is 0 Å². The first kappa shape index (κ1) is 76.9. The highest BCUT2D eigenvalue weighted by molar-refractivity contribution is 5.94. The Morgan fingerprint density at radius 3 is 1.29 bits per heavy atom. The molecule has 0 aromatic heterocycles. The van der Waals surface area contributed by atoms with E-state index in [1.807, 2.05) is 24.3 Å². The van der Waals surface area contributed by atoms with Crippen LogP contribution >= 0.6 is 0 Å². The fourth-order valence-corrected chi connectivity index (χ4v) is 12.2. The van der Waals surface area contributed by atoms with Gasteiger partial charge in [-0.25, -0.2) is 0 Å². The Labute approximate surface area is 558 Å². The Morgan fingerprint density at radius 2 is 0.828 bits per heavy atom. The number of hydrogen-bond acceptors (Lipinski definition) is 13. The van der Waals surface area contributed by atoms with Crippen molar-refractivity contribution in [2.75, 3.05) is 132 Å². The first-order valence-electron chi connectivity index (χ1n) is 34.8. The van der Waals surface area contributed by atoms with Crippen LogP contribution in [0.5, 0.6) is 0 Å². The summed E-state index contributed by atoms with van der Waals surface area (Å²) in [5.41, 5.74) is 15.3. The van der Waals surface area contributed by atoms with Gasteiger partial charge in [0.15, 0.2) is 0 Å². The van der Waals surface area contributed by atoms with Crippen molar-refractivity contribution >= 4 is 35.1 Å². The van der Waals surface area contributed by atoms with Crippen molar-refractivity contribution in [2.45, 2.75) is 174 Å². The Hall–Kier alpha value is -5.14. The number of hydrogen-bond donors (Lipinski definition) is 5. The Bertz CT molecular complexity index is 2880. The molecule has 15 nitrogen and oxygen atoms in total. The fourth-order valence-electron chi connectivity index (χ4n) is 12.2. The highest BCUT2D eigenvalue weighted by atomic mass is 16.6. The quantitative estimate of drug-likeness (QED) is 0.0160. The van der Waals surface area contributed by atoms with Crippen LogP contribution in [0, 0.1) is 5.92 Å². The van der Waals surface area contributed by atoms with E-state index in [4.69, 9.17) is 43.0 Å². The number of rotatable bonds is 46. The zero-order chi connectivity index (χ0) is 67.0. The van der Waals surface area contributed by atoms with E-state index in [9.17, 15) is 14.7 Å². The molecule has 0 aliphatic heterocycles. The summed E-state index contributed by atoms with van der Waals surface area (Å²) in [7, 11) is 0. The molecule has 0 saturated heterocycles. The molecule has 0 fully saturated rings. The molecule has 15 heteroatoms. The number of allylic oxidation sites excluding steroid dienone is 2. The number of ether oxygens (including phenoxy) is 8. The normalized spacial score (nSPS) is 16.3. The summed E-state index contributed by atoms with van der Waals surface area (Å²) in [5, 5.41) is 28.4. The first-order chi connectivity index (χ1) is 44.7. The van der Waals surface area contributed by atoms with Gasteiger partial charge in [-0.05, 0) is 180 Å². The van der Waals surface area contributed by atoms with Crippen LogP contribution in [0.3, 0.4) is 0 Å². The fraction of sp³-hybridized carbons (Fsp3) is 0.615. The third-order valence-corrected chi connectivity index (χ3v) is 18.5. The van der Waals surface area contributed by atoms with Crippen LogP contribution in [0.15, 0.2) is 84.9 Å². The van der Waals surface area contributed by atoms with Gasteiger partial charge in [0.1, 0.15) is 6.23 Å². The SMILES string of the molecule is C/C(=C\c1ccc(C[C@H](CCCCNC(=O)c2ccc(/C=C(\C)c3ccc4c(c3)C(C)(C)CCC4(C)C)cc2)C(=O)NCCCOCCOCCOCCCN[C@@H](O)CCOCCOCCOCCOCCOCCCO)cc1)c1ccc2c(c1)C(C)(C)CCC2(C)C. The summed E-state index contributed by atoms with van der Waals surface area (Å²) in [6, 6.07) is 30.5. The molecule has 0 bridgehead atoms. The highest BCUT2D eigenvalue weighted by Crippen LogP contribution is 2.48. The summed E-state index contributed by atoms with van der Waals surface area (Å²) >= 11 is 0. The zero-order valence-corrected chi connectivity index (χ0v) is 58.5. The number of aliphatic hydroxyl groups is 2. The first-order valence-corrected chi connectivity index (χ1v) is 34.8. The van der Waals surface area contributed by atoms with E-state index in [-0.39, 0.29) is 46.0 Å². The lowest BCUT2D eigenvalue weighted by atomic mass is 9.63. The number of nitrogens with one attached hydrogen (secondary N) is 3. The van der Waals surface area contributed by atoms with Gasteiger partial charge in [-0.2, -0.15) is 0 Å². The molecule has 2 aliphatic rings. The van der Waals surface area contributed by atoms with Gasteiger partial charge < -0.3 is 58.7 Å². The monoisotopic (exact) mass is 1290 g/mol. The van der Waals surface area contributed by atoms with Crippen LogP contribution in [-0.2, 0) is 70.8 Å². The number of carbonyl (C=O) groups excluding carboxylic acids is 2. The van der Waals surface area contributed by atoms with E-state index >= 15 is 0 Å². The summed E-state index contributed by atoms with van der Waals surface area (Å²) in [4.78, 5) is 27.3. The highest BCUT2D eigenvalue weighted by Gasteiger charge is 2.38. The zero-order valence-electron chi connectivity index (χ0n) is 58.5. The lowest BCUT2D eigenvalue weighted by Gasteiger charge is -2.42. The molecule has 0 heterocycles. The average molecular weight is 1290 g/mol. The smallest absolute Gasteiger partial charge is 0.251 e. The molecule has 2 atom stereocenters. The molecule has 4 aromatic carbocycles. The number of carbonyl (C=O) groups is 2. The second-order valence-electron chi connectivity index (χ2n) is 28.0. The van der Waals surface area contributed by atoms with E-state index in [0.717, 1.165) is 36.0 Å². The molecule has 0 radical (unpaired) electrons. The Kier molecular flexibility index (Phi) is 33.4. The lowest BCUT2D eigenvalue weighted by molar-refractivity contribution is -0.125. The second-order valence-corrected chi connectivity index (χ2v) is 28.0. The van der Waals surface area contributed by atoms with Gasteiger partial charge in [0, 0.05) is 57.4 Å². The number of aliphatic hydroxyl groups excluding tert-OH is 2. The summed E-state index contributed by atoms with van der Waals surface area (Å²) in [6.07, 6.45) is 14.0. The van der Waals surface area contributed by atoms with E-state index in [1.165, 1.54) is 70.2 Å². The number of unbranched alkanes of at least 4 members (excludes halogenated alkanes) is 1. The molecule has 93 heavy (non-hydrogen) atoms. The summed E-state index contributed by atoms with van der Waals surface area (Å²) < 4.78 is 44.5. The average Bonchev–Trinajstić information content (AvgIpc) is 0.783. The summed E-state index contributed by atoms with van der Waals surface area (Å²) in [6.45, 7) is 32.8. The minimum absolute atomic E-state index is 0.0338. The van der Waals surface area contributed by atoms with Crippen molar-refractivity contribution in [3.05, 3.63) is 141 Å². The van der Waals surface area contributed by atoms with E-state index < -0.39 is 6.23 Å². The van der Waals surface area contributed by atoms with Crippen molar-refractivity contribution < 1.29 is 57.7 Å². The van der Waals surface area contributed by atoms with Crippen LogP contribution in [0.4, 0.5) is 0 Å². The van der Waals surface area contributed by atoms with Crippen molar-refractivity contribution in [1.29, 1.82) is 0 Å². The van der Waals surface area contributed by atoms with Crippen molar-refractivity contribution in [3.8, 4) is 0 Å². The van der Waals surface area contributed by atoms with Crippen molar-refractivity contribution in [3.63, 3.8) is 0 Å². The van der Waals surface area contributed by atoms with Gasteiger partial charge in [-0.1, -0.05) is 147 Å². The summed E-state index contributed by atoms with van der Waals surface area (Å²) in [5.74, 6) is -0.289. The topological polar surface area (TPSA) is 185 Å². The standard InChI is InChI=1S/C78H117N3O12/c1-59(65-25-27-68-70(57-65)77(7,8)32-30-75(68,3)4)54-61-17-19-63(20-18-61)56-67(16-11-12-34-80-73(84)64-23-21-62(22-24-64)55-60(2)66-26-28-69-71(58-66)78(9,10)33-31-76(69,5)6)74(85)81-36-14-39-87-43-47-90-46-42-86-38-13-35-79-72(83)29-41-89-45-49-92-51-53-93-52-50-91-48-44-88-40-15-37-82/h17-28,54-55,57-58,67,72,79,82-83H,11-16,29-53,56H2,1-10H3,(H,80,84)(H,81,85)/b59-54+,60-55+/t67-,72-/m0/s1. The molecule has 5 N–H and O–H groups in total. The minimum atomic E-state index is -0.656. The number of benzene rings is 4. The molecule has 0 spiro atoms. The van der Waals surface area contributed by atoms with Gasteiger partial charge in [-0.15, -0.1) is 0 Å². The molecule has 2 aliphatic carbocycles. The molecule has 4 aromatic rings. The maximum absolute atomic E-state index is 13.9. The Balaban J connectivity index is 0.854. The molecule has 0 saturated carbocycles. The molecule has 516 valence electrons. The predicted octanol–water partition coefficient (Wildman–Crippen LogP) is 13.0. The van der Waals surface area contributed by atoms with Gasteiger partial charge in [0.05, 0.1) is 85.9 Å². The molecule has 0 unspecified atom stereocenters. The minimum Gasteiger partial charge on any atom is -0.396 e. The predicted molar refractivity (Wildman–Crippen MR) is 376 cm³/mol. The Morgan fingerprint density at radius 1 is 0.441 bits per heavy atom. The van der Waals surface area contributed by atoms with Crippen molar-refractivity contribution in [1.82, 2.24) is 16.0 Å². The number of fused-ring (bicyclic) bond motifs is 2. The lowest BCUT2D eigenvalue weighted by Crippen LogP contribution is -2.33. The van der Waals surface area contributed by atoms with Crippen molar-refractivity contribution in [2.24, 2.45) is 5.92 Å². The van der Waals surface area contributed by atoms with E-state index in [0.29, 0.717) is 163 Å². The molecular weight excluding hydrogens is 1170 g/mol. The molecular formula is C78H117N3O12. The molecule has 6 rings (SSSR count). The van der Waals surface area contributed by atoms with Gasteiger partial charge in [0.2, 0.25) is 5.91 Å². The van der Waals surface area contributed by atoms with E-state index in [2.05, 4.69) is 158 Å². The number of amides is 2. The van der Waals surface area contributed by atoms with Gasteiger partial charge in [0.25, 0.3) is 5.91 Å². The second kappa shape index (κ2) is 40.4. The largest absolute Gasteiger partial charge is 0.396 e. The maximum atomic E-state index is 13.9. The van der Waals surface area contributed by atoms with Crippen LogP contribution in [-0.4, -0.2) is 160 Å². The van der Waals surface area contributed by atoms with Gasteiger partial charge in [-0.3, -0.25) is 14.9 Å².